The Morgan fingerprint density at radius 1 is 1.41 bits per heavy atom. The molecule has 1 heterocycles. The van der Waals surface area contributed by atoms with Crippen LogP contribution in [0.2, 0.25) is 0 Å². The summed E-state index contributed by atoms with van der Waals surface area (Å²) in [6.45, 7) is 5.08. The molecule has 0 radical (unpaired) electrons. The van der Waals surface area contributed by atoms with Gasteiger partial charge in [0.1, 0.15) is 6.04 Å². The number of carboxylic acids is 1. The molecule has 2 atom stereocenters. The number of carboxylic acid groups (broad SMARTS) is 1. The molecule has 1 aliphatic heterocycles. The highest BCUT2D eigenvalue weighted by molar-refractivity contribution is 5.73. The standard InChI is InChI=1S/C18H28N2O2/c1-2-3-11-17(18(21)22)19-16-10-7-12-20(14-16)13-15-8-5-4-6-9-15/h4-6,8-9,16-17,19H,2-3,7,10-14H2,1H3,(H,21,22). The molecule has 1 aliphatic rings. The van der Waals surface area contributed by atoms with Crippen molar-refractivity contribution in [3.63, 3.8) is 0 Å². The van der Waals surface area contributed by atoms with E-state index in [2.05, 4.69) is 41.4 Å². The molecule has 0 aromatic heterocycles. The molecule has 1 fully saturated rings. The first-order valence-electron chi connectivity index (χ1n) is 8.44. The summed E-state index contributed by atoms with van der Waals surface area (Å²) in [5, 5.41) is 12.7. The van der Waals surface area contributed by atoms with Crippen molar-refractivity contribution < 1.29 is 9.90 Å². The SMILES string of the molecule is CCCCC(NC1CCCN(Cc2ccccc2)C1)C(=O)O. The smallest absolute Gasteiger partial charge is 0.320 e. The maximum atomic E-state index is 11.4. The number of carbonyl (C=O) groups is 1. The molecule has 2 rings (SSSR count). The highest BCUT2D eigenvalue weighted by Gasteiger charge is 2.25. The van der Waals surface area contributed by atoms with Crippen LogP contribution in [0.1, 0.15) is 44.6 Å². The first kappa shape index (κ1) is 17.0. The molecule has 4 heteroatoms. The second-order valence-corrected chi connectivity index (χ2v) is 6.26. The maximum Gasteiger partial charge on any atom is 0.320 e. The lowest BCUT2D eigenvalue weighted by Gasteiger charge is -2.34. The Labute approximate surface area is 133 Å². The van der Waals surface area contributed by atoms with Crippen molar-refractivity contribution in [1.82, 2.24) is 10.2 Å². The Hall–Kier alpha value is -1.39. The number of rotatable bonds is 8. The molecule has 2 N–H and O–H groups in total. The van der Waals surface area contributed by atoms with Crippen molar-refractivity contribution in [2.75, 3.05) is 13.1 Å². The number of benzene rings is 1. The number of hydrogen-bond donors (Lipinski definition) is 2. The largest absolute Gasteiger partial charge is 0.480 e. The van der Waals surface area contributed by atoms with Crippen LogP contribution in [0.5, 0.6) is 0 Å². The van der Waals surface area contributed by atoms with E-state index in [9.17, 15) is 9.90 Å². The van der Waals surface area contributed by atoms with E-state index in [0.717, 1.165) is 51.7 Å². The van der Waals surface area contributed by atoms with Crippen molar-refractivity contribution in [1.29, 1.82) is 0 Å². The number of nitrogens with zero attached hydrogens (tertiary/aromatic N) is 1. The van der Waals surface area contributed by atoms with E-state index in [-0.39, 0.29) is 6.04 Å². The van der Waals surface area contributed by atoms with Crippen LogP contribution in [0.3, 0.4) is 0 Å². The van der Waals surface area contributed by atoms with Gasteiger partial charge in [-0.2, -0.15) is 0 Å². The zero-order chi connectivity index (χ0) is 15.8. The fourth-order valence-electron chi connectivity index (χ4n) is 3.15. The van der Waals surface area contributed by atoms with Gasteiger partial charge in [0.25, 0.3) is 0 Å². The summed E-state index contributed by atoms with van der Waals surface area (Å²) in [5.74, 6) is -0.714. The van der Waals surface area contributed by atoms with Gasteiger partial charge in [-0.05, 0) is 31.4 Å². The van der Waals surface area contributed by atoms with Gasteiger partial charge < -0.3 is 10.4 Å². The number of aliphatic carboxylic acids is 1. The van der Waals surface area contributed by atoms with Crippen molar-refractivity contribution in [3.05, 3.63) is 35.9 Å². The molecule has 22 heavy (non-hydrogen) atoms. The molecule has 0 saturated carbocycles. The topological polar surface area (TPSA) is 52.6 Å². The molecule has 4 nitrogen and oxygen atoms in total. The predicted molar refractivity (Wildman–Crippen MR) is 88.8 cm³/mol. The highest BCUT2D eigenvalue weighted by atomic mass is 16.4. The minimum absolute atomic E-state index is 0.287. The summed E-state index contributed by atoms with van der Waals surface area (Å²) < 4.78 is 0. The normalized spacial score (nSPS) is 20.7. The Morgan fingerprint density at radius 2 is 2.18 bits per heavy atom. The van der Waals surface area contributed by atoms with E-state index in [1.54, 1.807) is 0 Å². The zero-order valence-electron chi connectivity index (χ0n) is 13.5. The molecule has 0 spiro atoms. The number of piperidine rings is 1. The van der Waals surface area contributed by atoms with Crippen LogP contribution >= 0.6 is 0 Å². The van der Waals surface area contributed by atoms with Gasteiger partial charge in [0.15, 0.2) is 0 Å². The van der Waals surface area contributed by atoms with E-state index in [1.807, 2.05) is 6.07 Å². The van der Waals surface area contributed by atoms with E-state index in [1.165, 1.54) is 5.56 Å². The number of unbranched alkanes of at least 4 members (excludes halogenated alkanes) is 1. The molecular formula is C18H28N2O2. The van der Waals surface area contributed by atoms with E-state index >= 15 is 0 Å². The second kappa shape index (κ2) is 8.91. The van der Waals surface area contributed by atoms with Gasteiger partial charge in [0.05, 0.1) is 0 Å². The van der Waals surface area contributed by atoms with Crippen molar-refractivity contribution in [2.45, 2.75) is 57.7 Å². The Balaban J connectivity index is 1.85. The third-order valence-electron chi connectivity index (χ3n) is 4.34. The van der Waals surface area contributed by atoms with Crippen LogP contribution in [-0.4, -0.2) is 41.1 Å². The van der Waals surface area contributed by atoms with Gasteiger partial charge >= 0.3 is 5.97 Å². The van der Waals surface area contributed by atoms with Gasteiger partial charge in [0, 0.05) is 19.1 Å². The number of likely N-dealkylation sites (tertiary alicyclic amines) is 1. The predicted octanol–water partition coefficient (Wildman–Crippen LogP) is 2.88. The summed E-state index contributed by atoms with van der Waals surface area (Å²) in [7, 11) is 0. The van der Waals surface area contributed by atoms with Crippen LogP contribution < -0.4 is 5.32 Å². The average molecular weight is 304 g/mol. The molecule has 1 aromatic carbocycles. The first-order chi connectivity index (χ1) is 10.7. The lowest BCUT2D eigenvalue weighted by Crippen LogP contribution is -2.51. The van der Waals surface area contributed by atoms with Gasteiger partial charge in [-0.25, -0.2) is 0 Å². The monoisotopic (exact) mass is 304 g/mol. The maximum absolute atomic E-state index is 11.4. The minimum atomic E-state index is -0.714. The third kappa shape index (κ3) is 5.43. The van der Waals surface area contributed by atoms with Crippen LogP contribution in [0, 0.1) is 0 Å². The molecule has 1 aromatic rings. The number of nitrogens with one attached hydrogen (secondary N) is 1. The molecule has 2 unspecified atom stereocenters. The van der Waals surface area contributed by atoms with Crippen LogP contribution in [0.4, 0.5) is 0 Å². The summed E-state index contributed by atoms with van der Waals surface area (Å²) >= 11 is 0. The molecule has 122 valence electrons. The molecular weight excluding hydrogens is 276 g/mol. The van der Waals surface area contributed by atoms with E-state index < -0.39 is 12.0 Å². The van der Waals surface area contributed by atoms with Crippen LogP contribution in [0.15, 0.2) is 30.3 Å². The fourth-order valence-corrected chi connectivity index (χ4v) is 3.15. The van der Waals surface area contributed by atoms with Crippen molar-refractivity contribution in [2.24, 2.45) is 0 Å². The van der Waals surface area contributed by atoms with Crippen molar-refractivity contribution >= 4 is 5.97 Å². The molecule has 0 aliphatic carbocycles. The molecule has 1 saturated heterocycles. The Morgan fingerprint density at radius 3 is 2.86 bits per heavy atom. The van der Waals surface area contributed by atoms with Crippen molar-refractivity contribution in [3.8, 4) is 0 Å². The lowest BCUT2D eigenvalue weighted by atomic mass is 10.0. The lowest BCUT2D eigenvalue weighted by molar-refractivity contribution is -0.140. The van der Waals surface area contributed by atoms with Gasteiger partial charge in [0.2, 0.25) is 0 Å². The summed E-state index contributed by atoms with van der Waals surface area (Å²) in [5.41, 5.74) is 1.32. The molecule has 0 amide bonds. The van der Waals surface area contributed by atoms with Crippen LogP contribution in [-0.2, 0) is 11.3 Å². The van der Waals surface area contributed by atoms with Gasteiger partial charge in [-0.15, -0.1) is 0 Å². The highest BCUT2D eigenvalue weighted by Crippen LogP contribution is 2.15. The zero-order valence-corrected chi connectivity index (χ0v) is 13.5. The fraction of sp³-hybridized carbons (Fsp3) is 0.611. The Kier molecular flexibility index (Phi) is 6.87. The first-order valence-corrected chi connectivity index (χ1v) is 8.44. The summed E-state index contributed by atoms with van der Waals surface area (Å²) in [6.07, 6.45) is 4.92. The summed E-state index contributed by atoms with van der Waals surface area (Å²) in [4.78, 5) is 13.8. The second-order valence-electron chi connectivity index (χ2n) is 6.26. The molecule has 0 bridgehead atoms. The quantitative estimate of drug-likeness (QED) is 0.775. The average Bonchev–Trinajstić information content (AvgIpc) is 2.52. The van der Waals surface area contributed by atoms with Crippen LogP contribution in [0.25, 0.3) is 0 Å². The summed E-state index contributed by atoms with van der Waals surface area (Å²) in [6, 6.07) is 10.4. The van der Waals surface area contributed by atoms with Gasteiger partial charge in [-0.1, -0.05) is 50.1 Å². The van der Waals surface area contributed by atoms with Gasteiger partial charge in [-0.3, -0.25) is 9.69 Å². The third-order valence-corrected chi connectivity index (χ3v) is 4.34. The Bertz CT molecular complexity index is 450. The minimum Gasteiger partial charge on any atom is -0.480 e. The van der Waals surface area contributed by atoms with E-state index in [4.69, 9.17) is 0 Å². The van der Waals surface area contributed by atoms with E-state index in [0.29, 0.717) is 0 Å². The number of hydrogen-bond acceptors (Lipinski definition) is 3.